The fourth-order valence-electron chi connectivity index (χ4n) is 4.61. The van der Waals surface area contributed by atoms with Crippen molar-refractivity contribution in [3.8, 4) is 5.69 Å². The standard InChI is InChI=1S/C27H35N3O5S2/c1-20(2)37(34,35)18-12-21(3)22-5-8-25(9-6-22)30-13-11-23-19-24(7-10-26(23)30)27(31)28-14-16-29(17-15-28)36(4,32)33/h5-11,13,19-21H,12,14-18H2,1-4H3/t21-/m0/s1. The van der Waals surface area contributed by atoms with Crippen LogP contribution in [-0.4, -0.2) is 80.0 Å². The van der Waals surface area contributed by atoms with Gasteiger partial charge in [0.2, 0.25) is 10.0 Å². The highest BCUT2D eigenvalue weighted by Crippen LogP contribution is 2.26. The van der Waals surface area contributed by atoms with Gasteiger partial charge >= 0.3 is 0 Å². The Morgan fingerprint density at radius 3 is 2.14 bits per heavy atom. The first kappa shape index (κ1) is 27.3. The maximum absolute atomic E-state index is 13.0. The lowest BCUT2D eigenvalue weighted by molar-refractivity contribution is 0.0698. The quantitative estimate of drug-likeness (QED) is 0.430. The van der Waals surface area contributed by atoms with Crippen molar-refractivity contribution in [1.29, 1.82) is 0 Å². The van der Waals surface area contributed by atoms with Crippen LogP contribution in [0, 0.1) is 0 Å². The summed E-state index contributed by atoms with van der Waals surface area (Å²) < 4.78 is 51.2. The number of benzene rings is 2. The van der Waals surface area contributed by atoms with Crippen LogP contribution in [0.25, 0.3) is 16.6 Å². The minimum atomic E-state index is -3.24. The van der Waals surface area contributed by atoms with Crippen molar-refractivity contribution in [2.45, 2.75) is 38.4 Å². The number of hydrogen-bond acceptors (Lipinski definition) is 5. The van der Waals surface area contributed by atoms with Crippen molar-refractivity contribution >= 4 is 36.7 Å². The summed E-state index contributed by atoms with van der Waals surface area (Å²) in [5.41, 5.74) is 3.64. The minimum absolute atomic E-state index is 0.0966. The van der Waals surface area contributed by atoms with Crippen molar-refractivity contribution < 1.29 is 21.6 Å². The normalized spacial score (nSPS) is 16.4. The van der Waals surface area contributed by atoms with Crippen molar-refractivity contribution in [1.82, 2.24) is 13.8 Å². The van der Waals surface area contributed by atoms with Crippen LogP contribution in [0.1, 0.15) is 49.0 Å². The van der Waals surface area contributed by atoms with Gasteiger partial charge in [0.25, 0.3) is 5.91 Å². The molecule has 0 bridgehead atoms. The number of aromatic nitrogens is 1. The van der Waals surface area contributed by atoms with Gasteiger partial charge in [0.1, 0.15) is 0 Å². The first-order valence-electron chi connectivity index (χ1n) is 12.5. The molecule has 0 N–H and O–H groups in total. The number of amides is 1. The zero-order chi connectivity index (χ0) is 27.0. The Morgan fingerprint density at radius 1 is 0.892 bits per heavy atom. The van der Waals surface area contributed by atoms with Gasteiger partial charge in [-0.15, -0.1) is 0 Å². The predicted molar refractivity (Wildman–Crippen MR) is 148 cm³/mol. The second-order valence-electron chi connectivity index (χ2n) is 10.1. The largest absolute Gasteiger partial charge is 0.336 e. The van der Waals surface area contributed by atoms with E-state index in [4.69, 9.17) is 0 Å². The number of piperazine rings is 1. The van der Waals surface area contributed by atoms with E-state index in [-0.39, 0.29) is 22.8 Å². The number of carbonyl (C=O) groups is 1. The van der Waals surface area contributed by atoms with Crippen molar-refractivity contribution in [3.63, 3.8) is 0 Å². The van der Waals surface area contributed by atoms with E-state index in [0.717, 1.165) is 22.2 Å². The molecule has 37 heavy (non-hydrogen) atoms. The van der Waals surface area contributed by atoms with Gasteiger partial charge in [-0.2, -0.15) is 4.31 Å². The fraction of sp³-hybridized carbons (Fsp3) is 0.444. The summed E-state index contributed by atoms with van der Waals surface area (Å²) in [6.07, 6.45) is 3.75. The zero-order valence-electron chi connectivity index (χ0n) is 21.8. The van der Waals surface area contributed by atoms with Crippen molar-refractivity contribution in [2.24, 2.45) is 0 Å². The highest BCUT2D eigenvalue weighted by molar-refractivity contribution is 7.91. The Kier molecular flexibility index (Phi) is 7.83. The molecule has 1 atom stereocenters. The molecule has 1 aliphatic rings. The molecule has 200 valence electrons. The average molecular weight is 546 g/mol. The Hall–Kier alpha value is -2.69. The van der Waals surface area contributed by atoms with Crippen LogP contribution in [0.4, 0.5) is 0 Å². The third kappa shape index (κ3) is 6.08. The van der Waals surface area contributed by atoms with Gasteiger partial charge in [-0.05, 0) is 68.1 Å². The highest BCUT2D eigenvalue weighted by atomic mass is 32.2. The van der Waals surface area contributed by atoms with E-state index in [1.54, 1.807) is 18.7 Å². The topological polar surface area (TPSA) is 96.8 Å². The molecule has 0 radical (unpaired) electrons. The molecule has 3 aromatic rings. The summed E-state index contributed by atoms with van der Waals surface area (Å²) in [7, 11) is -6.30. The van der Waals surface area contributed by atoms with E-state index in [2.05, 4.69) is 11.5 Å². The lowest BCUT2D eigenvalue weighted by Crippen LogP contribution is -2.50. The molecule has 1 amide bonds. The molecule has 1 fully saturated rings. The highest BCUT2D eigenvalue weighted by Gasteiger charge is 2.27. The monoisotopic (exact) mass is 545 g/mol. The Morgan fingerprint density at radius 2 is 1.54 bits per heavy atom. The Balaban J connectivity index is 1.45. The number of nitrogens with zero attached hydrogens (tertiary/aromatic N) is 3. The van der Waals surface area contributed by atoms with Crippen LogP contribution >= 0.6 is 0 Å². The summed E-state index contributed by atoms with van der Waals surface area (Å²) >= 11 is 0. The second-order valence-corrected chi connectivity index (χ2v) is 14.8. The van der Waals surface area contributed by atoms with E-state index in [1.165, 1.54) is 10.6 Å². The van der Waals surface area contributed by atoms with Crippen LogP contribution in [0.5, 0.6) is 0 Å². The van der Waals surface area contributed by atoms with Crippen molar-refractivity contribution in [3.05, 3.63) is 65.9 Å². The molecular formula is C27H35N3O5S2. The predicted octanol–water partition coefficient (Wildman–Crippen LogP) is 3.66. The van der Waals surface area contributed by atoms with Gasteiger partial charge < -0.3 is 9.47 Å². The molecule has 2 heterocycles. The van der Waals surface area contributed by atoms with Crippen LogP contribution < -0.4 is 0 Å². The first-order valence-corrected chi connectivity index (χ1v) is 16.1. The van der Waals surface area contributed by atoms with E-state index in [9.17, 15) is 21.6 Å². The molecular weight excluding hydrogens is 510 g/mol. The van der Waals surface area contributed by atoms with Gasteiger partial charge in [-0.3, -0.25) is 4.79 Å². The number of carbonyl (C=O) groups excluding carboxylic acids is 1. The SMILES string of the molecule is CC(C)S(=O)(=O)CC[C@H](C)c1ccc(-n2ccc3cc(C(=O)N4CCN(S(C)(=O)=O)CC4)ccc32)cc1. The molecule has 8 nitrogen and oxygen atoms in total. The summed E-state index contributed by atoms with van der Waals surface area (Å²) in [6.45, 7) is 6.86. The molecule has 4 rings (SSSR count). The molecule has 1 saturated heterocycles. The van der Waals surface area contributed by atoms with Crippen LogP contribution in [0.2, 0.25) is 0 Å². The van der Waals surface area contributed by atoms with Crippen molar-refractivity contribution in [2.75, 3.05) is 38.2 Å². The first-order chi connectivity index (χ1) is 17.4. The maximum Gasteiger partial charge on any atom is 0.253 e. The molecule has 0 saturated carbocycles. The third-order valence-corrected chi connectivity index (χ3v) is 10.8. The van der Waals surface area contributed by atoms with E-state index in [0.29, 0.717) is 38.2 Å². The fourth-order valence-corrected chi connectivity index (χ4v) is 6.59. The summed E-state index contributed by atoms with van der Waals surface area (Å²) in [6, 6.07) is 15.7. The second kappa shape index (κ2) is 10.6. The van der Waals surface area contributed by atoms with Gasteiger partial charge in [0.15, 0.2) is 9.84 Å². The summed E-state index contributed by atoms with van der Waals surface area (Å²) in [4.78, 5) is 14.7. The van der Waals surface area contributed by atoms with Gasteiger partial charge in [0, 0.05) is 49.0 Å². The Labute approximate surface area is 219 Å². The van der Waals surface area contributed by atoms with Gasteiger partial charge in [-0.25, -0.2) is 16.8 Å². The van der Waals surface area contributed by atoms with Gasteiger partial charge in [-0.1, -0.05) is 19.1 Å². The smallest absolute Gasteiger partial charge is 0.253 e. The number of sulfonamides is 1. The third-order valence-electron chi connectivity index (χ3n) is 7.23. The lowest BCUT2D eigenvalue weighted by Gasteiger charge is -2.33. The molecule has 1 aliphatic heterocycles. The zero-order valence-corrected chi connectivity index (χ0v) is 23.4. The van der Waals surface area contributed by atoms with E-state index >= 15 is 0 Å². The molecule has 1 aromatic heterocycles. The molecule has 0 aliphatic carbocycles. The number of rotatable bonds is 8. The lowest BCUT2D eigenvalue weighted by atomic mass is 9.98. The summed E-state index contributed by atoms with van der Waals surface area (Å²) in [5.74, 6) is 0.224. The van der Waals surface area contributed by atoms with Crippen LogP contribution in [0.15, 0.2) is 54.7 Å². The number of hydrogen-bond donors (Lipinski definition) is 0. The van der Waals surface area contributed by atoms with Gasteiger partial charge in [0.05, 0.1) is 22.8 Å². The molecule has 10 heteroatoms. The Bertz CT molecular complexity index is 1480. The van der Waals surface area contributed by atoms with Crippen LogP contribution in [0.3, 0.4) is 0 Å². The number of fused-ring (bicyclic) bond motifs is 1. The molecule has 2 aromatic carbocycles. The minimum Gasteiger partial charge on any atom is -0.336 e. The average Bonchev–Trinajstić information content (AvgIpc) is 3.30. The van der Waals surface area contributed by atoms with E-state index < -0.39 is 19.9 Å². The number of sulfone groups is 1. The molecule has 0 spiro atoms. The van der Waals surface area contributed by atoms with Crippen LogP contribution in [-0.2, 0) is 19.9 Å². The molecule has 0 unspecified atom stereocenters. The van der Waals surface area contributed by atoms with E-state index in [1.807, 2.05) is 54.7 Å². The maximum atomic E-state index is 13.0. The summed E-state index contributed by atoms with van der Waals surface area (Å²) in [5, 5.41) is 0.585.